The molecule has 0 amide bonds. The second-order valence-corrected chi connectivity index (χ2v) is 4.72. The maximum Gasteiger partial charge on any atom is 0.109 e. The molecule has 0 saturated carbocycles. The minimum atomic E-state index is -0.0937. The molecule has 0 spiro atoms. The summed E-state index contributed by atoms with van der Waals surface area (Å²) in [5, 5.41) is 3.51. The van der Waals surface area contributed by atoms with Gasteiger partial charge < -0.3 is 14.5 Å². The zero-order chi connectivity index (χ0) is 10.9. The van der Waals surface area contributed by atoms with Crippen LogP contribution in [0.1, 0.15) is 37.6 Å². The monoisotopic (exact) mass is 209 g/mol. The van der Waals surface area contributed by atoms with Crippen LogP contribution in [0.25, 0.3) is 0 Å². The number of hydrogen-bond donors (Lipinski definition) is 1. The smallest absolute Gasteiger partial charge is 0.109 e. The van der Waals surface area contributed by atoms with Gasteiger partial charge in [-0.25, -0.2) is 0 Å². The number of fused-ring (bicyclic) bond motifs is 1. The molecular formula is C12H19NO2. The maximum atomic E-state index is 5.46. The largest absolute Gasteiger partial charge is 0.469 e. The Kier molecular flexibility index (Phi) is 2.85. The Balaban J connectivity index is 2.13. The molecule has 84 valence electrons. The molecular weight excluding hydrogens is 190 g/mol. The van der Waals surface area contributed by atoms with Gasteiger partial charge in [-0.1, -0.05) is 0 Å². The molecule has 1 aliphatic rings. The molecule has 15 heavy (non-hydrogen) atoms. The topological polar surface area (TPSA) is 34.4 Å². The summed E-state index contributed by atoms with van der Waals surface area (Å²) in [7, 11) is 1.76. The minimum absolute atomic E-state index is 0.0937. The summed E-state index contributed by atoms with van der Waals surface area (Å²) in [5.41, 5.74) is 1.20. The normalized spacial score (nSPS) is 21.4. The average molecular weight is 209 g/mol. The maximum absolute atomic E-state index is 5.46. The van der Waals surface area contributed by atoms with Gasteiger partial charge in [0.15, 0.2) is 0 Å². The molecule has 1 atom stereocenters. The molecule has 1 N–H and O–H groups in total. The minimum Gasteiger partial charge on any atom is -0.469 e. The molecule has 1 unspecified atom stereocenters. The van der Waals surface area contributed by atoms with E-state index < -0.39 is 0 Å². The fraction of sp³-hybridized carbons (Fsp3) is 0.667. The van der Waals surface area contributed by atoms with Crippen LogP contribution in [0.5, 0.6) is 0 Å². The summed E-state index contributed by atoms with van der Waals surface area (Å²) in [4.78, 5) is 0. The summed E-state index contributed by atoms with van der Waals surface area (Å²) < 4.78 is 10.9. The molecule has 0 radical (unpaired) electrons. The summed E-state index contributed by atoms with van der Waals surface area (Å²) in [6.45, 7) is 5.22. The highest BCUT2D eigenvalue weighted by Gasteiger charge is 2.28. The third kappa shape index (κ3) is 2.24. The molecule has 1 aliphatic heterocycles. The third-order valence-corrected chi connectivity index (χ3v) is 3.15. The molecule has 2 heterocycles. The van der Waals surface area contributed by atoms with Crippen molar-refractivity contribution in [2.75, 3.05) is 13.7 Å². The first kappa shape index (κ1) is 10.7. The summed E-state index contributed by atoms with van der Waals surface area (Å²) in [5.74, 6) is 1.13. The van der Waals surface area contributed by atoms with Crippen LogP contribution in [0.4, 0.5) is 0 Å². The van der Waals surface area contributed by atoms with E-state index in [1.54, 1.807) is 13.4 Å². The van der Waals surface area contributed by atoms with Crippen molar-refractivity contribution in [3.63, 3.8) is 0 Å². The molecule has 1 aromatic rings. The highest BCUT2D eigenvalue weighted by atomic mass is 16.5. The first-order valence-corrected chi connectivity index (χ1v) is 5.47. The van der Waals surface area contributed by atoms with Gasteiger partial charge in [-0.15, -0.1) is 0 Å². The van der Waals surface area contributed by atoms with Crippen molar-refractivity contribution in [2.45, 2.75) is 38.3 Å². The van der Waals surface area contributed by atoms with E-state index in [4.69, 9.17) is 9.15 Å². The number of nitrogens with one attached hydrogen (secondary N) is 1. The molecule has 0 aromatic carbocycles. The lowest BCUT2D eigenvalue weighted by molar-refractivity contribution is 0.00616. The Morgan fingerprint density at radius 1 is 1.60 bits per heavy atom. The summed E-state index contributed by atoms with van der Waals surface area (Å²) in [6.07, 6.45) is 3.74. The van der Waals surface area contributed by atoms with Crippen molar-refractivity contribution in [1.29, 1.82) is 0 Å². The highest BCUT2D eigenvalue weighted by molar-refractivity contribution is 5.24. The standard InChI is InChI=1S/C12H19NO2/c1-12(2,14-3)8-10-9-5-7-15-11(9)4-6-13-10/h5,7,10,13H,4,6,8H2,1-3H3. The van der Waals surface area contributed by atoms with Crippen molar-refractivity contribution in [2.24, 2.45) is 0 Å². The van der Waals surface area contributed by atoms with Crippen LogP contribution in [0.2, 0.25) is 0 Å². The summed E-state index contributed by atoms with van der Waals surface area (Å²) >= 11 is 0. The zero-order valence-electron chi connectivity index (χ0n) is 9.67. The molecule has 3 nitrogen and oxygen atoms in total. The molecule has 0 aliphatic carbocycles. The van der Waals surface area contributed by atoms with Gasteiger partial charge in [0.05, 0.1) is 11.9 Å². The number of ether oxygens (including phenoxy) is 1. The Labute approximate surface area is 90.8 Å². The molecule has 2 rings (SSSR count). The lowest BCUT2D eigenvalue weighted by Crippen LogP contribution is -2.35. The Bertz CT molecular complexity index is 330. The predicted octanol–water partition coefficient (Wildman–Crippen LogP) is 2.28. The molecule has 0 saturated heterocycles. The van der Waals surface area contributed by atoms with E-state index >= 15 is 0 Å². The first-order valence-electron chi connectivity index (χ1n) is 5.47. The van der Waals surface area contributed by atoms with E-state index in [1.807, 2.05) is 0 Å². The van der Waals surface area contributed by atoms with Crippen LogP contribution in [0, 0.1) is 0 Å². The van der Waals surface area contributed by atoms with Gasteiger partial charge in [-0.05, 0) is 26.3 Å². The summed E-state index contributed by atoms with van der Waals surface area (Å²) in [6, 6.07) is 2.43. The van der Waals surface area contributed by atoms with Crippen molar-refractivity contribution in [1.82, 2.24) is 5.32 Å². The fourth-order valence-electron chi connectivity index (χ4n) is 2.09. The lowest BCUT2D eigenvalue weighted by atomic mass is 9.91. The highest BCUT2D eigenvalue weighted by Crippen LogP contribution is 2.31. The van der Waals surface area contributed by atoms with Crippen molar-refractivity contribution >= 4 is 0 Å². The number of methoxy groups -OCH3 is 1. The van der Waals surface area contributed by atoms with Gasteiger partial charge in [0.25, 0.3) is 0 Å². The Hall–Kier alpha value is -0.800. The van der Waals surface area contributed by atoms with Gasteiger partial charge in [-0.3, -0.25) is 0 Å². The lowest BCUT2D eigenvalue weighted by Gasteiger charge is -2.31. The number of hydrogen-bond acceptors (Lipinski definition) is 3. The average Bonchev–Trinajstić information content (AvgIpc) is 2.66. The molecule has 0 fully saturated rings. The van der Waals surface area contributed by atoms with Crippen LogP contribution >= 0.6 is 0 Å². The van der Waals surface area contributed by atoms with E-state index in [9.17, 15) is 0 Å². The molecule has 0 bridgehead atoms. The predicted molar refractivity (Wildman–Crippen MR) is 58.9 cm³/mol. The quantitative estimate of drug-likeness (QED) is 0.829. The van der Waals surface area contributed by atoms with Gasteiger partial charge in [0.2, 0.25) is 0 Å². The SMILES string of the molecule is COC(C)(C)CC1NCCc2occc21. The third-order valence-electron chi connectivity index (χ3n) is 3.15. The second-order valence-electron chi connectivity index (χ2n) is 4.72. The zero-order valence-corrected chi connectivity index (χ0v) is 9.67. The van der Waals surface area contributed by atoms with Crippen LogP contribution in [-0.2, 0) is 11.2 Å². The van der Waals surface area contributed by atoms with Gasteiger partial charge in [0.1, 0.15) is 5.76 Å². The van der Waals surface area contributed by atoms with Gasteiger partial charge in [-0.2, -0.15) is 0 Å². The van der Waals surface area contributed by atoms with Gasteiger partial charge >= 0.3 is 0 Å². The molecule has 3 heteroatoms. The van der Waals surface area contributed by atoms with E-state index in [0.717, 1.165) is 25.1 Å². The van der Waals surface area contributed by atoms with E-state index in [1.165, 1.54) is 5.56 Å². The van der Waals surface area contributed by atoms with Crippen molar-refractivity contribution in [3.05, 3.63) is 23.7 Å². The van der Waals surface area contributed by atoms with E-state index in [-0.39, 0.29) is 5.60 Å². The van der Waals surface area contributed by atoms with Crippen LogP contribution in [-0.4, -0.2) is 19.3 Å². The fourth-order valence-corrected chi connectivity index (χ4v) is 2.09. The van der Waals surface area contributed by atoms with Crippen LogP contribution < -0.4 is 5.32 Å². The van der Waals surface area contributed by atoms with E-state index in [2.05, 4.69) is 25.2 Å². The van der Waals surface area contributed by atoms with Gasteiger partial charge in [0, 0.05) is 31.7 Å². The Morgan fingerprint density at radius 3 is 3.13 bits per heavy atom. The number of rotatable bonds is 3. The first-order chi connectivity index (χ1) is 7.12. The Morgan fingerprint density at radius 2 is 2.40 bits per heavy atom. The van der Waals surface area contributed by atoms with Crippen molar-refractivity contribution in [3.8, 4) is 0 Å². The second kappa shape index (κ2) is 3.99. The molecule has 1 aromatic heterocycles. The van der Waals surface area contributed by atoms with Crippen LogP contribution in [0.3, 0.4) is 0 Å². The van der Waals surface area contributed by atoms with Crippen molar-refractivity contribution < 1.29 is 9.15 Å². The van der Waals surface area contributed by atoms with E-state index in [0.29, 0.717) is 6.04 Å². The van der Waals surface area contributed by atoms with Crippen LogP contribution in [0.15, 0.2) is 16.7 Å². The number of furan rings is 1.